The minimum absolute atomic E-state index is 0.0627. The molecule has 0 radical (unpaired) electrons. The van der Waals surface area contributed by atoms with E-state index in [0.717, 1.165) is 0 Å². The summed E-state index contributed by atoms with van der Waals surface area (Å²) in [4.78, 5) is 30.1. The summed E-state index contributed by atoms with van der Waals surface area (Å²) in [6, 6.07) is 11.9. The van der Waals surface area contributed by atoms with Crippen molar-refractivity contribution in [2.45, 2.75) is 0 Å². The van der Waals surface area contributed by atoms with Crippen LogP contribution in [0.5, 0.6) is 0 Å². The van der Waals surface area contributed by atoms with Gasteiger partial charge in [0.15, 0.2) is 5.69 Å². The fourth-order valence-corrected chi connectivity index (χ4v) is 2.04. The third kappa shape index (κ3) is 3.82. The van der Waals surface area contributed by atoms with E-state index in [9.17, 15) is 14.9 Å². The first-order chi connectivity index (χ1) is 10.9. The van der Waals surface area contributed by atoms with Crippen molar-refractivity contribution in [1.29, 1.82) is 0 Å². The van der Waals surface area contributed by atoms with Gasteiger partial charge in [0.05, 0.1) is 11.5 Å². The second-order valence-electron chi connectivity index (χ2n) is 5.30. The zero-order chi connectivity index (χ0) is 17.0. The van der Waals surface area contributed by atoms with Crippen molar-refractivity contribution in [3.05, 3.63) is 52.6 Å². The molecule has 0 saturated heterocycles. The normalized spacial score (nSPS) is 10.2. The van der Waals surface area contributed by atoms with Crippen LogP contribution in [0.3, 0.4) is 0 Å². The average molecular weight is 314 g/mol. The van der Waals surface area contributed by atoms with Crippen molar-refractivity contribution in [1.82, 2.24) is 9.88 Å². The molecular weight excluding hydrogens is 296 g/mol. The summed E-state index contributed by atoms with van der Waals surface area (Å²) in [5, 5.41) is 11.2. The average Bonchev–Trinajstić information content (AvgIpc) is 2.54. The predicted octanol–water partition coefficient (Wildman–Crippen LogP) is 2.18. The Hall–Kier alpha value is -2.96. The van der Waals surface area contributed by atoms with Crippen molar-refractivity contribution in [3.63, 3.8) is 0 Å². The molecule has 0 aliphatic rings. The second-order valence-corrected chi connectivity index (χ2v) is 5.30. The van der Waals surface area contributed by atoms with Crippen LogP contribution in [0, 0.1) is 10.1 Å². The summed E-state index contributed by atoms with van der Waals surface area (Å²) in [6.45, 7) is 0.145. The Morgan fingerprint density at radius 3 is 2.35 bits per heavy atom. The summed E-state index contributed by atoms with van der Waals surface area (Å²) < 4.78 is 0. The van der Waals surface area contributed by atoms with Crippen LogP contribution < -0.4 is 4.90 Å². The van der Waals surface area contributed by atoms with Crippen LogP contribution in [0.4, 0.5) is 11.5 Å². The minimum atomic E-state index is -0.454. The van der Waals surface area contributed by atoms with E-state index >= 15 is 0 Å². The van der Waals surface area contributed by atoms with Gasteiger partial charge in [0.2, 0.25) is 5.91 Å². The van der Waals surface area contributed by atoms with Gasteiger partial charge < -0.3 is 9.80 Å². The highest BCUT2D eigenvalue weighted by Crippen LogP contribution is 2.29. The van der Waals surface area contributed by atoms with Gasteiger partial charge in [0.1, 0.15) is 5.82 Å². The number of benzene rings is 1. The third-order valence-electron chi connectivity index (χ3n) is 3.37. The molecular formula is C16H18N4O3. The van der Waals surface area contributed by atoms with Gasteiger partial charge in [-0.3, -0.25) is 14.9 Å². The van der Waals surface area contributed by atoms with E-state index in [4.69, 9.17) is 0 Å². The van der Waals surface area contributed by atoms with Gasteiger partial charge in [-0.1, -0.05) is 30.3 Å². The van der Waals surface area contributed by atoms with Gasteiger partial charge in [-0.15, -0.1) is 0 Å². The highest BCUT2D eigenvalue weighted by molar-refractivity contribution is 5.81. The number of rotatable bonds is 5. The van der Waals surface area contributed by atoms with Gasteiger partial charge in [0, 0.05) is 32.8 Å². The molecule has 2 rings (SSSR count). The first kappa shape index (κ1) is 16.4. The lowest BCUT2D eigenvalue weighted by atomic mass is 10.1. The molecule has 2 aromatic rings. The molecule has 1 aromatic carbocycles. The predicted molar refractivity (Wildman–Crippen MR) is 88.3 cm³/mol. The SMILES string of the molecule is CN(C)C(=O)CN(C)c1ccc([N+](=O)[O-])c(-c2ccccc2)n1. The van der Waals surface area contributed by atoms with E-state index in [-0.39, 0.29) is 23.8 Å². The van der Waals surface area contributed by atoms with E-state index in [1.54, 1.807) is 56.4 Å². The van der Waals surface area contributed by atoms with Crippen LogP contribution in [-0.4, -0.2) is 48.4 Å². The Balaban J connectivity index is 2.41. The van der Waals surface area contributed by atoms with Crippen molar-refractivity contribution < 1.29 is 9.72 Å². The van der Waals surface area contributed by atoms with Gasteiger partial charge in [-0.2, -0.15) is 0 Å². The van der Waals surface area contributed by atoms with Gasteiger partial charge in [-0.25, -0.2) is 4.98 Å². The van der Waals surface area contributed by atoms with Gasteiger partial charge >= 0.3 is 0 Å². The zero-order valence-electron chi connectivity index (χ0n) is 13.3. The van der Waals surface area contributed by atoms with Crippen LogP contribution >= 0.6 is 0 Å². The Bertz CT molecular complexity index is 717. The number of nitro groups is 1. The third-order valence-corrected chi connectivity index (χ3v) is 3.37. The van der Waals surface area contributed by atoms with E-state index in [1.807, 2.05) is 6.07 Å². The number of hydrogen-bond donors (Lipinski definition) is 0. The zero-order valence-corrected chi connectivity index (χ0v) is 13.3. The smallest absolute Gasteiger partial charge is 0.295 e. The molecule has 7 heteroatoms. The lowest BCUT2D eigenvalue weighted by Crippen LogP contribution is -2.34. The number of amides is 1. The molecule has 23 heavy (non-hydrogen) atoms. The molecule has 0 spiro atoms. The number of nitrogens with zero attached hydrogens (tertiary/aromatic N) is 4. The fraction of sp³-hybridized carbons (Fsp3) is 0.250. The summed E-state index contributed by atoms with van der Waals surface area (Å²) in [6.07, 6.45) is 0. The van der Waals surface area contributed by atoms with Crippen LogP contribution in [0.1, 0.15) is 0 Å². The number of pyridine rings is 1. The Morgan fingerprint density at radius 2 is 1.78 bits per heavy atom. The summed E-state index contributed by atoms with van der Waals surface area (Å²) in [5.41, 5.74) is 0.887. The molecule has 7 nitrogen and oxygen atoms in total. The fourth-order valence-electron chi connectivity index (χ4n) is 2.04. The van der Waals surface area contributed by atoms with Crippen molar-refractivity contribution in [2.75, 3.05) is 32.6 Å². The molecule has 0 N–H and O–H groups in total. The maximum Gasteiger partial charge on any atom is 0.295 e. The molecule has 0 unspecified atom stereocenters. The van der Waals surface area contributed by atoms with E-state index in [2.05, 4.69) is 4.98 Å². The molecule has 0 saturated carbocycles. The molecule has 1 aromatic heterocycles. The molecule has 0 bridgehead atoms. The van der Waals surface area contributed by atoms with Crippen LogP contribution in [0.25, 0.3) is 11.3 Å². The number of aromatic nitrogens is 1. The highest BCUT2D eigenvalue weighted by atomic mass is 16.6. The molecule has 0 atom stereocenters. The van der Waals surface area contributed by atoms with E-state index < -0.39 is 4.92 Å². The standard InChI is InChI=1S/C16H18N4O3/c1-18(2)15(21)11-19(3)14-10-9-13(20(22)23)16(17-14)12-7-5-4-6-8-12/h4-10H,11H2,1-3H3. The Labute approximate surface area is 134 Å². The second kappa shape index (κ2) is 6.87. The first-order valence-electron chi connectivity index (χ1n) is 7.02. The van der Waals surface area contributed by atoms with Gasteiger partial charge in [-0.05, 0) is 6.07 Å². The van der Waals surface area contributed by atoms with Crippen molar-refractivity contribution in [2.24, 2.45) is 0 Å². The quantitative estimate of drug-likeness (QED) is 0.624. The number of hydrogen-bond acceptors (Lipinski definition) is 5. The maximum absolute atomic E-state index is 11.8. The van der Waals surface area contributed by atoms with Crippen molar-refractivity contribution in [3.8, 4) is 11.3 Å². The molecule has 0 aliphatic carbocycles. The van der Waals surface area contributed by atoms with Crippen molar-refractivity contribution >= 4 is 17.4 Å². The largest absolute Gasteiger partial charge is 0.350 e. The van der Waals surface area contributed by atoms with E-state index in [1.165, 1.54) is 11.0 Å². The molecule has 0 fully saturated rings. The number of anilines is 1. The monoisotopic (exact) mass is 314 g/mol. The Morgan fingerprint density at radius 1 is 1.13 bits per heavy atom. The molecule has 0 aliphatic heterocycles. The lowest BCUT2D eigenvalue weighted by Gasteiger charge is -2.20. The van der Waals surface area contributed by atoms with E-state index in [0.29, 0.717) is 11.4 Å². The molecule has 120 valence electrons. The highest BCUT2D eigenvalue weighted by Gasteiger charge is 2.19. The van der Waals surface area contributed by atoms with Crippen LogP contribution in [0.2, 0.25) is 0 Å². The number of likely N-dealkylation sites (N-methyl/N-ethyl adjacent to an activating group) is 2. The Kier molecular flexibility index (Phi) is 4.90. The maximum atomic E-state index is 11.8. The lowest BCUT2D eigenvalue weighted by molar-refractivity contribution is -0.384. The topological polar surface area (TPSA) is 79.6 Å². The number of carbonyl (C=O) groups excluding carboxylic acids is 1. The summed E-state index contributed by atoms with van der Waals surface area (Å²) in [5.74, 6) is 0.429. The molecule has 1 heterocycles. The summed E-state index contributed by atoms with van der Waals surface area (Å²) >= 11 is 0. The molecule has 1 amide bonds. The van der Waals surface area contributed by atoms with Gasteiger partial charge in [0.25, 0.3) is 5.69 Å². The first-order valence-corrected chi connectivity index (χ1v) is 7.02. The number of carbonyl (C=O) groups is 1. The minimum Gasteiger partial charge on any atom is -0.350 e. The summed E-state index contributed by atoms with van der Waals surface area (Å²) in [7, 11) is 5.08. The van der Waals surface area contributed by atoms with Crippen LogP contribution in [0.15, 0.2) is 42.5 Å². The van der Waals surface area contributed by atoms with Crippen LogP contribution in [-0.2, 0) is 4.79 Å².